The first-order valence-corrected chi connectivity index (χ1v) is 5.66. The number of rotatable bonds is 1. The SMILES string of the molecule is O=C1N(c2ccccc2)C23CCC1(C2)C3. The summed E-state index contributed by atoms with van der Waals surface area (Å²) < 4.78 is 0. The Morgan fingerprint density at radius 2 is 1.80 bits per heavy atom. The van der Waals surface area contributed by atoms with E-state index < -0.39 is 0 Å². The largest absolute Gasteiger partial charge is 0.306 e. The number of hydrogen-bond donors (Lipinski definition) is 0. The third-order valence-electron chi connectivity index (χ3n) is 4.55. The monoisotopic (exact) mass is 199 g/mol. The van der Waals surface area contributed by atoms with E-state index in [1.807, 2.05) is 18.2 Å². The second-order valence-electron chi connectivity index (χ2n) is 5.33. The number of para-hydroxylation sites is 1. The van der Waals surface area contributed by atoms with Crippen molar-refractivity contribution in [3.05, 3.63) is 30.3 Å². The van der Waals surface area contributed by atoms with Gasteiger partial charge in [-0.2, -0.15) is 0 Å². The van der Waals surface area contributed by atoms with Gasteiger partial charge in [-0.3, -0.25) is 4.79 Å². The highest BCUT2D eigenvalue weighted by Crippen LogP contribution is 2.71. The average Bonchev–Trinajstić information content (AvgIpc) is 2.86. The Hall–Kier alpha value is -1.31. The molecule has 3 aliphatic carbocycles. The van der Waals surface area contributed by atoms with Crippen molar-refractivity contribution < 1.29 is 4.79 Å². The van der Waals surface area contributed by atoms with Gasteiger partial charge >= 0.3 is 0 Å². The van der Waals surface area contributed by atoms with Gasteiger partial charge in [0.15, 0.2) is 0 Å². The molecule has 0 unspecified atom stereocenters. The highest BCUT2D eigenvalue weighted by atomic mass is 16.2. The van der Waals surface area contributed by atoms with Gasteiger partial charge < -0.3 is 4.90 Å². The zero-order valence-electron chi connectivity index (χ0n) is 8.57. The number of amides is 1. The summed E-state index contributed by atoms with van der Waals surface area (Å²) >= 11 is 0. The predicted molar refractivity (Wildman–Crippen MR) is 57.6 cm³/mol. The van der Waals surface area contributed by atoms with Crippen LogP contribution in [0.2, 0.25) is 0 Å². The Morgan fingerprint density at radius 1 is 1.07 bits per heavy atom. The van der Waals surface area contributed by atoms with Crippen molar-refractivity contribution in [2.24, 2.45) is 5.41 Å². The van der Waals surface area contributed by atoms with Crippen molar-refractivity contribution >= 4 is 11.6 Å². The number of carbonyl (C=O) groups excluding carboxylic acids is 1. The van der Waals surface area contributed by atoms with E-state index in [0.717, 1.165) is 24.9 Å². The molecule has 1 aromatic rings. The molecule has 1 amide bonds. The summed E-state index contributed by atoms with van der Waals surface area (Å²) in [5.74, 6) is 0.389. The van der Waals surface area contributed by atoms with Gasteiger partial charge in [-0.25, -0.2) is 0 Å². The molecule has 0 aromatic heterocycles. The van der Waals surface area contributed by atoms with Crippen LogP contribution in [0.5, 0.6) is 0 Å². The fraction of sp³-hybridized carbons (Fsp3) is 0.462. The third-order valence-corrected chi connectivity index (χ3v) is 4.55. The summed E-state index contributed by atoms with van der Waals surface area (Å²) in [4.78, 5) is 14.3. The van der Waals surface area contributed by atoms with Crippen LogP contribution in [0.4, 0.5) is 5.69 Å². The first-order chi connectivity index (χ1) is 7.26. The van der Waals surface area contributed by atoms with E-state index in [1.165, 1.54) is 6.42 Å². The lowest BCUT2D eigenvalue weighted by atomic mass is 9.70. The van der Waals surface area contributed by atoms with Crippen LogP contribution >= 0.6 is 0 Å². The summed E-state index contributed by atoms with van der Waals surface area (Å²) in [5, 5.41) is 0. The van der Waals surface area contributed by atoms with Crippen molar-refractivity contribution in [2.45, 2.75) is 31.2 Å². The molecule has 3 saturated carbocycles. The second kappa shape index (κ2) is 2.11. The Kier molecular flexibility index (Phi) is 1.11. The number of benzene rings is 1. The molecule has 0 spiro atoms. The van der Waals surface area contributed by atoms with Gasteiger partial charge in [0.05, 0.1) is 5.41 Å². The van der Waals surface area contributed by atoms with E-state index in [1.54, 1.807) is 0 Å². The third kappa shape index (κ3) is 0.695. The predicted octanol–water partition coefficient (Wildman–Crippen LogP) is 2.35. The van der Waals surface area contributed by atoms with Crippen molar-refractivity contribution in [3.8, 4) is 0 Å². The molecule has 76 valence electrons. The number of fused-ring (bicyclic) bond motifs is 2. The van der Waals surface area contributed by atoms with Crippen LogP contribution in [0.15, 0.2) is 30.3 Å². The molecule has 0 radical (unpaired) electrons. The van der Waals surface area contributed by atoms with Gasteiger partial charge in [-0.1, -0.05) is 18.2 Å². The van der Waals surface area contributed by atoms with Gasteiger partial charge in [-0.05, 0) is 37.8 Å². The van der Waals surface area contributed by atoms with Crippen molar-refractivity contribution in [2.75, 3.05) is 4.90 Å². The van der Waals surface area contributed by atoms with E-state index in [9.17, 15) is 4.79 Å². The molecule has 15 heavy (non-hydrogen) atoms. The van der Waals surface area contributed by atoms with Crippen LogP contribution in [0, 0.1) is 5.41 Å². The first-order valence-electron chi connectivity index (χ1n) is 5.66. The maximum atomic E-state index is 12.3. The zero-order chi connectivity index (χ0) is 10.1. The van der Waals surface area contributed by atoms with E-state index in [0.29, 0.717) is 5.91 Å². The minimum absolute atomic E-state index is 0.0653. The van der Waals surface area contributed by atoms with Gasteiger partial charge in [0.2, 0.25) is 5.91 Å². The minimum Gasteiger partial charge on any atom is -0.306 e. The molecule has 6 rings (SSSR count). The van der Waals surface area contributed by atoms with Crippen LogP contribution in [0.3, 0.4) is 0 Å². The normalized spacial score (nSPS) is 40.8. The summed E-state index contributed by atoms with van der Waals surface area (Å²) in [6, 6.07) is 10.1. The van der Waals surface area contributed by atoms with E-state index in [2.05, 4.69) is 17.0 Å². The molecule has 2 aliphatic heterocycles. The maximum Gasteiger partial charge on any atom is 0.233 e. The number of carbonyl (C=O) groups is 1. The van der Waals surface area contributed by atoms with Crippen LogP contribution in [-0.4, -0.2) is 11.4 Å². The zero-order valence-corrected chi connectivity index (χ0v) is 8.57. The average molecular weight is 199 g/mol. The van der Waals surface area contributed by atoms with Crippen molar-refractivity contribution in [1.29, 1.82) is 0 Å². The molecule has 2 heterocycles. The summed E-state index contributed by atoms with van der Waals surface area (Å²) in [5.41, 5.74) is 1.38. The number of hydrogen-bond acceptors (Lipinski definition) is 1. The van der Waals surface area contributed by atoms with E-state index in [-0.39, 0.29) is 11.0 Å². The molecule has 2 nitrogen and oxygen atoms in total. The molecular weight excluding hydrogens is 186 g/mol. The van der Waals surface area contributed by atoms with Crippen LogP contribution < -0.4 is 4.90 Å². The highest BCUT2D eigenvalue weighted by Gasteiger charge is 2.75. The molecule has 5 fully saturated rings. The minimum atomic E-state index is 0.0653. The lowest BCUT2D eigenvalue weighted by Crippen LogP contribution is -2.43. The Labute approximate surface area is 88.9 Å². The molecule has 0 N–H and O–H groups in total. The maximum absolute atomic E-state index is 12.3. The van der Waals surface area contributed by atoms with Crippen LogP contribution in [0.1, 0.15) is 25.7 Å². The number of nitrogens with zero attached hydrogens (tertiary/aromatic N) is 1. The second-order valence-corrected chi connectivity index (χ2v) is 5.33. The van der Waals surface area contributed by atoms with Gasteiger partial charge in [0.1, 0.15) is 0 Å². The van der Waals surface area contributed by atoms with Gasteiger partial charge in [0, 0.05) is 11.2 Å². The van der Waals surface area contributed by atoms with Crippen molar-refractivity contribution in [1.82, 2.24) is 0 Å². The fourth-order valence-electron chi connectivity index (χ4n) is 3.98. The summed E-state index contributed by atoms with van der Waals surface area (Å²) in [7, 11) is 0. The highest BCUT2D eigenvalue weighted by molar-refractivity contribution is 6.06. The number of piperidine rings is 1. The summed E-state index contributed by atoms with van der Waals surface area (Å²) in [6.45, 7) is 0. The Morgan fingerprint density at radius 3 is 2.40 bits per heavy atom. The lowest BCUT2D eigenvalue weighted by Gasteiger charge is -2.37. The van der Waals surface area contributed by atoms with Crippen LogP contribution in [-0.2, 0) is 4.79 Å². The number of anilines is 1. The summed E-state index contributed by atoms with van der Waals surface area (Å²) in [6.07, 6.45) is 4.59. The molecule has 1 aromatic carbocycles. The standard InChI is InChI=1S/C13H13NO/c15-11-12-6-7-13(8-12,9-12)14(11)10-4-2-1-3-5-10/h1-5H,6-9H2. The molecule has 5 aliphatic rings. The molecule has 0 atom stereocenters. The Balaban J connectivity index is 1.84. The van der Waals surface area contributed by atoms with E-state index in [4.69, 9.17) is 0 Å². The lowest BCUT2D eigenvalue weighted by molar-refractivity contribution is -0.124. The first kappa shape index (κ1) is 7.91. The van der Waals surface area contributed by atoms with Crippen LogP contribution in [0.25, 0.3) is 0 Å². The van der Waals surface area contributed by atoms with Gasteiger partial charge in [0.25, 0.3) is 0 Å². The quantitative estimate of drug-likeness (QED) is 0.679. The molecular formula is C13H13NO. The fourth-order valence-corrected chi connectivity index (χ4v) is 3.98. The van der Waals surface area contributed by atoms with E-state index >= 15 is 0 Å². The molecule has 2 bridgehead atoms. The van der Waals surface area contributed by atoms with Crippen molar-refractivity contribution in [3.63, 3.8) is 0 Å². The molecule has 2 saturated heterocycles. The van der Waals surface area contributed by atoms with Gasteiger partial charge in [-0.15, -0.1) is 0 Å². The Bertz CT molecular complexity index is 445. The molecule has 2 heteroatoms. The smallest absolute Gasteiger partial charge is 0.233 e. The topological polar surface area (TPSA) is 20.3 Å².